The van der Waals surface area contributed by atoms with Crippen LogP contribution < -0.4 is 19.1 Å². The fourth-order valence-corrected chi connectivity index (χ4v) is 5.90. The van der Waals surface area contributed by atoms with Crippen molar-refractivity contribution in [1.82, 2.24) is 10.2 Å². The number of amides is 1. The summed E-state index contributed by atoms with van der Waals surface area (Å²) < 4.78 is 45.0. The molecule has 0 spiro atoms. The number of hydrogen-bond acceptors (Lipinski definition) is 7. The van der Waals surface area contributed by atoms with E-state index in [1.54, 1.807) is 36.4 Å². The molecule has 38 heavy (non-hydrogen) atoms. The van der Waals surface area contributed by atoms with E-state index in [4.69, 9.17) is 14.2 Å². The van der Waals surface area contributed by atoms with E-state index in [-0.39, 0.29) is 18.0 Å². The lowest BCUT2D eigenvalue weighted by Crippen LogP contribution is -2.40. The third-order valence-corrected chi connectivity index (χ3v) is 8.21. The number of rotatable bonds is 9. The Balaban J connectivity index is 1.31. The number of ether oxygens (including phenoxy) is 3. The smallest absolute Gasteiger partial charge is 0.264 e. The summed E-state index contributed by atoms with van der Waals surface area (Å²) in [6.45, 7) is 4.78. The molecular formula is C28H31N3O6S. The zero-order chi connectivity index (χ0) is 26.4. The molecule has 2 heterocycles. The van der Waals surface area contributed by atoms with Gasteiger partial charge in [-0.1, -0.05) is 42.5 Å². The van der Waals surface area contributed by atoms with Crippen LogP contribution in [0.3, 0.4) is 0 Å². The first-order valence-corrected chi connectivity index (χ1v) is 14.0. The number of hydrogen-bond donors (Lipinski definition) is 1. The van der Waals surface area contributed by atoms with Crippen LogP contribution in [0.15, 0.2) is 77.7 Å². The number of carbonyl (C=O) groups excluding carboxylic acids is 1. The molecule has 3 aromatic rings. The largest absolute Gasteiger partial charge is 0.486 e. The molecule has 0 saturated carbocycles. The monoisotopic (exact) mass is 537 g/mol. The van der Waals surface area contributed by atoms with Crippen LogP contribution in [-0.2, 0) is 32.6 Å². The third kappa shape index (κ3) is 6.27. The van der Waals surface area contributed by atoms with Gasteiger partial charge in [0.15, 0.2) is 11.5 Å². The molecule has 2 aliphatic heterocycles. The van der Waals surface area contributed by atoms with Crippen LogP contribution in [0.25, 0.3) is 0 Å². The number of carbonyl (C=O) groups is 1. The van der Waals surface area contributed by atoms with Crippen LogP contribution in [-0.4, -0.2) is 65.3 Å². The number of anilines is 1. The highest BCUT2D eigenvalue weighted by Gasteiger charge is 2.28. The maximum absolute atomic E-state index is 13.6. The fourth-order valence-electron chi connectivity index (χ4n) is 4.46. The Morgan fingerprint density at radius 1 is 0.842 bits per heavy atom. The van der Waals surface area contributed by atoms with Crippen molar-refractivity contribution in [3.8, 4) is 11.5 Å². The first-order chi connectivity index (χ1) is 18.5. The Morgan fingerprint density at radius 3 is 2.37 bits per heavy atom. The predicted molar refractivity (Wildman–Crippen MR) is 143 cm³/mol. The Kier molecular flexibility index (Phi) is 8.11. The van der Waals surface area contributed by atoms with Gasteiger partial charge in [-0.15, -0.1) is 0 Å². The van der Waals surface area contributed by atoms with Crippen LogP contribution >= 0.6 is 0 Å². The molecule has 10 heteroatoms. The summed E-state index contributed by atoms with van der Waals surface area (Å²) in [6, 6.07) is 21.0. The van der Waals surface area contributed by atoms with Crippen molar-refractivity contribution >= 4 is 21.6 Å². The molecule has 1 fully saturated rings. The van der Waals surface area contributed by atoms with E-state index in [0.717, 1.165) is 48.3 Å². The number of benzene rings is 3. The van der Waals surface area contributed by atoms with Crippen molar-refractivity contribution < 1.29 is 27.4 Å². The normalized spacial score (nSPS) is 15.6. The molecule has 1 amide bonds. The highest BCUT2D eigenvalue weighted by Crippen LogP contribution is 2.35. The zero-order valence-electron chi connectivity index (χ0n) is 21.0. The van der Waals surface area contributed by atoms with Gasteiger partial charge in [-0.2, -0.15) is 0 Å². The lowest BCUT2D eigenvalue weighted by atomic mass is 10.1. The van der Waals surface area contributed by atoms with Gasteiger partial charge in [-0.05, 0) is 35.4 Å². The molecule has 0 aliphatic carbocycles. The van der Waals surface area contributed by atoms with Gasteiger partial charge < -0.3 is 19.5 Å². The van der Waals surface area contributed by atoms with Gasteiger partial charge in [-0.3, -0.25) is 14.0 Å². The van der Waals surface area contributed by atoms with Crippen molar-refractivity contribution in [3.63, 3.8) is 0 Å². The van der Waals surface area contributed by atoms with Gasteiger partial charge in [0.2, 0.25) is 5.91 Å². The second-order valence-corrected chi connectivity index (χ2v) is 11.0. The van der Waals surface area contributed by atoms with E-state index in [1.807, 2.05) is 12.1 Å². The van der Waals surface area contributed by atoms with Crippen molar-refractivity contribution in [3.05, 3.63) is 83.9 Å². The standard InChI is InChI=1S/C28H31N3O6S/c32-28(29-19-22-5-4-6-23(17-22)20-30-11-13-35-14-12-30)21-31(38(33,34)25-7-2-1-3-8-25)24-9-10-26-27(18-24)37-16-15-36-26/h1-10,17-18H,11-16,19-21H2,(H,29,32). The second kappa shape index (κ2) is 11.8. The molecule has 2 aliphatic rings. The first-order valence-electron chi connectivity index (χ1n) is 12.6. The minimum atomic E-state index is -4.02. The summed E-state index contributed by atoms with van der Waals surface area (Å²) in [5.74, 6) is 0.566. The molecule has 0 radical (unpaired) electrons. The Bertz CT molecular complexity index is 1360. The molecule has 0 atom stereocenters. The third-order valence-electron chi connectivity index (χ3n) is 6.42. The molecule has 200 valence electrons. The highest BCUT2D eigenvalue weighted by atomic mass is 32.2. The lowest BCUT2D eigenvalue weighted by molar-refractivity contribution is -0.119. The Hall–Kier alpha value is -3.60. The number of fused-ring (bicyclic) bond motifs is 1. The maximum Gasteiger partial charge on any atom is 0.264 e. The highest BCUT2D eigenvalue weighted by molar-refractivity contribution is 7.92. The number of sulfonamides is 1. The van der Waals surface area contributed by atoms with Gasteiger partial charge in [0, 0.05) is 32.2 Å². The first kappa shape index (κ1) is 26.0. The van der Waals surface area contributed by atoms with E-state index < -0.39 is 15.9 Å². The summed E-state index contributed by atoms with van der Waals surface area (Å²) >= 11 is 0. The van der Waals surface area contributed by atoms with Crippen LogP contribution in [0.4, 0.5) is 5.69 Å². The topological polar surface area (TPSA) is 97.4 Å². The van der Waals surface area contributed by atoms with Gasteiger partial charge in [0.1, 0.15) is 19.8 Å². The lowest BCUT2D eigenvalue weighted by Gasteiger charge is -2.27. The van der Waals surface area contributed by atoms with Crippen molar-refractivity contribution in [1.29, 1.82) is 0 Å². The maximum atomic E-state index is 13.6. The van der Waals surface area contributed by atoms with Gasteiger partial charge >= 0.3 is 0 Å². The summed E-state index contributed by atoms with van der Waals surface area (Å²) in [6.07, 6.45) is 0. The molecule has 0 bridgehead atoms. The zero-order valence-corrected chi connectivity index (χ0v) is 21.9. The number of morpholine rings is 1. The fraction of sp³-hybridized carbons (Fsp3) is 0.321. The molecule has 0 aromatic heterocycles. The van der Waals surface area contributed by atoms with Crippen molar-refractivity contribution in [2.24, 2.45) is 0 Å². The van der Waals surface area contributed by atoms with E-state index in [0.29, 0.717) is 30.4 Å². The summed E-state index contributed by atoms with van der Waals surface area (Å²) in [7, 11) is -4.02. The Labute approximate surface area is 223 Å². The van der Waals surface area contributed by atoms with E-state index in [9.17, 15) is 13.2 Å². The average Bonchev–Trinajstić information content (AvgIpc) is 2.96. The van der Waals surface area contributed by atoms with Crippen molar-refractivity contribution in [2.45, 2.75) is 18.0 Å². The molecule has 3 aromatic carbocycles. The van der Waals surface area contributed by atoms with Crippen LogP contribution in [0.5, 0.6) is 11.5 Å². The number of nitrogens with zero attached hydrogens (tertiary/aromatic N) is 2. The molecular weight excluding hydrogens is 506 g/mol. The predicted octanol–water partition coefficient (Wildman–Crippen LogP) is 2.80. The van der Waals surface area contributed by atoms with E-state index in [2.05, 4.69) is 22.3 Å². The molecule has 1 saturated heterocycles. The quantitative estimate of drug-likeness (QED) is 0.448. The van der Waals surface area contributed by atoms with Crippen LogP contribution in [0.2, 0.25) is 0 Å². The average molecular weight is 538 g/mol. The summed E-state index contributed by atoms with van der Waals surface area (Å²) in [5.41, 5.74) is 2.42. The van der Waals surface area contributed by atoms with E-state index in [1.165, 1.54) is 12.1 Å². The SMILES string of the molecule is O=C(CN(c1ccc2c(c1)OCCO2)S(=O)(=O)c1ccccc1)NCc1cccc(CN2CCOCC2)c1. The second-order valence-electron chi connectivity index (χ2n) is 9.14. The summed E-state index contributed by atoms with van der Waals surface area (Å²) in [4.78, 5) is 15.5. The van der Waals surface area contributed by atoms with Crippen molar-refractivity contribution in [2.75, 3.05) is 50.4 Å². The van der Waals surface area contributed by atoms with Crippen LogP contribution in [0, 0.1) is 0 Å². The molecule has 5 rings (SSSR count). The Morgan fingerprint density at radius 2 is 1.58 bits per heavy atom. The van der Waals surface area contributed by atoms with Gasteiger partial charge in [0.25, 0.3) is 10.0 Å². The van der Waals surface area contributed by atoms with Gasteiger partial charge in [-0.25, -0.2) is 8.42 Å². The minimum Gasteiger partial charge on any atom is -0.486 e. The molecule has 9 nitrogen and oxygen atoms in total. The minimum absolute atomic E-state index is 0.0958. The van der Waals surface area contributed by atoms with Crippen LogP contribution in [0.1, 0.15) is 11.1 Å². The summed E-state index contributed by atoms with van der Waals surface area (Å²) in [5, 5.41) is 2.88. The number of nitrogens with one attached hydrogen (secondary N) is 1. The van der Waals surface area contributed by atoms with Gasteiger partial charge in [0.05, 0.1) is 23.8 Å². The molecule has 0 unspecified atom stereocenters. The van der Waals surface area contributed by atoms with E-state index >= 15 is 0 Å². The molecule has 1 N–H and O–H groups in total.